The Kier molecular flexibility index (Phi) is 8.22. The highest BCUT2D eigenvalue weighted by Gasteiger charge is 2.24. The van der Waals surface area contributed by atoms with E-state index < -0.39 is 5.97 Å². The van der Waals surface area contributed by atoms with Gasteiger partial charge in [-0.15, -0.1) is 0 Å². The molecule has 3 rings (SSSR count). The van der Waals surface area contributed by atoms with Gasteiger partial charge in [-0.3, -0.25) is 4.79 Å². The van der Waals surface area contributed by atoms with Crippen molar-refractivity contribution in [3.63, 3.8) is 0 Å². The number of nitrogens with one attached hydrogen (secondary N) is 1. The maximum Gasteiger partial charge on any atom is 0.344 e. The number of esters is 1. The molecule has 1 aliphatic rings. The number of rotatable bonds is 7. The van der Waals surface area contributed by atoms with Crippen LogP contribution in [0, 0.1) is 6.92 Å². The number of benzene rings is 2. The first-order valence-corrected chi connectivity index (χ1v) is 11.5. The predicted octanol–water partition coefficient (Wildman–Crippen LogP) is 5.25. The fraction of sp³-hybridized carbons (Fsp3) is 0.227. The predicted molar refractivity (Wildman–Crippen MR) is 130 cm³/mol. The summed E-state index contributed by atoms with van der Waals surface area (Å²) in [7, 11) is 1.49. The Bertz CT molecular complexity index is 1120. The molecule has 0 radical (unpaired) electrons. The highest BCUT2D eigenvalue weighted by Crippen LogP contribution is 2.38. The van der Waals surface area contributed by atoms with Crippen molar-refractivity contribution in [2.75, 3.05) is 20.3 Å². The third-order valence-corrected chi connectivity index (χ3v) is 6.21. The van der Waals surface area contributed by atoms with Gasteiger partial charge in [0, 0.05) is 5.02 Å². The molecule has 1 heterocycles. The number of amidine groups is 1. The van der Waals surface area contributed by atoms with Crippen molar-refractivity contribution >= 4 is 68.1 Å². The lowest BCUT2D eigenvalue weighted by Gasteiger charge is -2.13. The van der Waals surface area contributed by atoms with Gasteiger partial charge in [0.1, 0.15) is 0 Å². The Morgan fingerprint density at radius 2 is 2.12 bits per heavy atom. The van der Waals surface area contributed by atoms with E-state index >= 15 is 0 Å². The highest BCUT2D eigenvalue weighted by atomic mass is 79.9. The van der Waals surface area contributed by atoms with Crippen LogP contribution in [-0.4, -0.2) is 37.4 Å². The molecule has 10 heteroatoms. The van der Waals surface area contributed by atoms with Crippen LogP contribution in [0.25, 0.3) is 6.08 Å². The summed E-state index contributed by atoms with van der Waals surface area (Å²) in [6.45, 7) is 3.62. The Morgan fingerprint density at radius 1 is 1.34 bits per heavy atom. The Morgan fingerprint density at radius 3 is 2.84 bits per heavy atom. The lowest BCUT2D eigenvalue weighted by Crippen LogP contribution is -2.19. The number of nitrogens with zero attached hydrogens (tertiary/aromatic N) is 1. The van der Waals surface area contributed by atoms with Crippen LogP contribution in [0.1, 0.15) is 18.1 Å². The van der Waals surface area contributed by atoms with Gasteiger partial charge in [-0.25, -0.2) is 9.79 Å². The van der Waals surface area contributed by atoms with E-state index in [1.165, 1.54) is 18.9 Å². The summed E-state index contributed by atoms with van der Waals surface area (Å²) in [5.41, 5.74) is 2.23. The number of carbonyl (C=O) groups is 2. The largest absolute Gasteiger partial charge is 0.493 e. The zero-order chi connectivity index (χ0) is 23.3. The maximum atomic E-state index is 12.5. The minimum Gasteiger partial charge on any atom is -0.493 e. The molecule has 2 aromatic rings. The number of halogens is 2. The van der Waals surface area contributed by atoms with Gasteiger partial charge in [0.05, 0.1) is 28.8 Å². The van der Waals surface area contributed by atoms with Gasteiger partial charge in [0.15, 0.2) is 23.3 Å². The van der Waals surface area contributed by atoms with Crippen LogP contribution in [0.5, 0.6) is 11.5 Å². The van der Waals surface area contributed by atoms with Gasteiger partial charge in [-0.1, -0.05) is 17.7 Å². The number of carbonyl (C=O) groups excluding carboxylic acids is 2. The van der Waals surface area contributed by atoms with Crippen molar-refractivity contribution < 1.29 is 23.8 Å². The molecule has 1 amide bonds. The van der Waals surface area contributed by atoms with Crippen molar-refractivity contribution in [3.05, 3.63) is 55.9 Å². The van der Waals surface area contributed by atoms with Crippen molar-refractivity contribution in [1.29, 1.82) is 0 Å². The van der Waals surface area contributed by atoms with Crippen LogP contribution in [0.3, 0.4) is 0 Å². The van der Waals surface area contributed by atoms with Gasteiger partial charge in [0.2, 0.25) is 0 Å². The molecule has 7 nitrogen and oxygen atoms in total. The normalized spacial score (nSPS) is 15.7. The van der Waals surface area contributed by atoms with E-state index in [2.05, 4.69) is 26.2 Å². The lowest BCUT2D eigenvalue weighted by molar-refractivity contribution is -0.145. The summed E-state index contributed by atoms with van der Waals surface area (Å²) >= 11 is 10.8. The van der Waals surface area contributed by atoms with E-state index in [-0.39, 0.29) is 19.1 Å². The molecule has 0 saturated carbocycles. The second kappa shape index (κ2) is 10.9. The summed E-state index contributed by atoms with van der Waals surface area (Å²) < 4.78 is 16.4. The van der Waals surface area contributed by atoms with Crippen molar-refractivity contribution in [1.82, 2.24) is 5.32 Å². The van der Waals surface area contributed by atoms with Crippen molar-refractivity contribution in [3.8, 4) is 11.5 Å². The standard InChI is InChI=1S/C22H20BrClN2O5S/c1-4-30-19(27)11-31-20-14(23)8-13(9-17(20)29-3)10-18-21(28)26-22(32-18)25-16-7-5-6-15(24)12(16)2/h5-10H,4,11H2,1-3H3,(H,25,26,28)/b18-10+. The first-order chi connectivity index (χ1) is 15.3. The first-order valence-electron chi connectivity index (χ1n) is 9.53. The van der Waals surface area contributed by atoms with Crippen LogP contribution < -0.4 is 14.8 Å². The monoisotopic (exact) mass is 538 g/mol. The third kappa shape index (κ3) is 5.85. The van der Waals surface area contributed by atoms with E-state index in [0.717, 1.165) is 5.56 Å². The van der Waals surface area contributed by atoms with E-state index in [0.29, 0.717) is 42.3 Å². The van der Waals surface area contributed by atoms with Crippen LogP contribution >= 0.6 is 39.3 Å². The molecule has 1 saturated heterocycles. The van der Waals surface area contributed by atoms with Crippen LogP contribution in [0.15, 0.2) is 44.7 Å². The van der Waals surface area contributed by atoms with Crippen molar-refractivity contribution in [2.45, 2.75) is 13.8 Å². The maximum absolute atomic E-state index is 12.5. The minimum absolute atomic E-state index is 0.246. The minimum atomic E-state index is -0.478. The molecule has 0 bridgehead atoms. The molecule has 0 aromatic heterocycles. The van der Waals surface area contributed by atoms with Crippen LogP contribution in [0.2, 0.25) is 5.02 Å². The van der Waals surface area contributed by atoms with Gasteiger partial charge in [-0.2, -0.15) is 0 Å². The molecule has 0 unspecified atom stereocenters. The SMILES string of the molecule is CCOC(=O)COc1c(Br)cc(/C=C2/SC(=Nc3cccc(Cl)c3C)NC2=O)cc1OC. The average molecular weight is 540 g/mol. The second-order valence-corrected chi connectivity index (χ2v) is 8.79. The highest BCUT2D eigenvalue weighted by molar-refractivity contribution is 9.10. The summed E-state index contributed by atoms with van der Waals surface area (Å²) in [6.07, 6.45) is 1.72. The first kappa shape index (κ1) is 24.2. The summed E-state index contributed by atoms with van der Waals surface area (Å²) in [5.74, 6) is 0.0341. The summed E-state index contributed by atoms with van der Waals surface area (Å²) in [5, 5.41) is 3.84. The molecule has 168 valence electrons. The van der Waals surface area contributed by atoms with Gasteiger partial charge >= 0.3 is 5.97 Å². The van der Waals surface area contributed by atoms with Crippen molar-refractivity contribution in [2.24, 2.45) is 4.99 Å². The molecule has 0 aliphatic carbocycles. The molecule has 32 heavy (non-hydrogen) atoms. The van der Waals surface area contributed by atoms with E-state index in [4.69, 9.17) is 25.8 Å². The molecule has 1 N–H and O–H groups in total. The second-order valence-electron chi connectivity index (χ2n) is 6.49. The average Bonchev–Trinajstić information content (AvgIpc) is 3.09. The molecule has 1 aliphatic heterocycles. The third-order valence-electron chi connectivity index (χ3n) is 4.30. The zero-order valence-corrected chi connectivity index (χ0v) is 20.7. The Labute approximate surface area is 203 Å². The van der Waals surface area contributed by atoms with Gasteiger partial charge < -0.3 is 19.5 Å². The molecule has 2 aromatic carbocycles. The van der Waals surface area contributed by atoms with E-state index in [9.17, 15) is 9.59 Å². The fourth-order valence-electron chi connectivity index (χ4n) is 2.76. The van der Waals surface area contributed by atoms with Crippen LogP contribution in [-0.2, 0) is 14.3 Å². The fourth-order valence-corrected chi connectivity index (χ4v) is 4.33. The van der Waals surface area contributed by atoms with E-state index in [1.807, 2.05) is 19.1 Å². The summed E-state index contributed by atoms with van der Waals surface area (Å²) in [6, 6.07) is 8.90. The summed E-state index contributed by atoms with van der Waals surface area (Å²) in [4.78, 5) is 29.0. The molecule has 1 fully saturated rings. The molecule has 0 spiro atoms. The number of hydrogen-bond acceptors (Lipinski definition) is 7. The van der Waals surface area contributed by atoms with E-state index in [1.54, 1.807) is 31.2 Å². The Hall–Kier alpha value is -2.49. The number of amides is 1. The number of aliphatic imine (C=N–C) groups is 1. The molecular formula is C22H20BrClN2O5S. The molecule has 0 atom stereocenters. The topological polar surface area (TPSA) is 86.2 Å². The number of ether oxygens (including phenoxy) is 3. The van der Waals surface area contributed by atoms with Crippen LogP contribution in [0.4, 0.5) is 5.69 Å². The lowest BCUT2D eigenvalue weighted by atomic mass is 10.2. The molecular weight excluding hydrogens is 520 g/mol. The smallest absolute Gasteiger partial charge is 0.344 e. The quantitative estimate of drug-likeness (QED) is 0.382. The number of methoxy groups -OCH3 is 1. The van der Waals surface area contributed by atoms with Gasteiger partial charge in [0.25, 0.3) is 5.91 Å². The zero-order valence-electron chi connectivity index (χ0n) is 17.5. The number of hydrogen-bond donors (Lipinski definition) is 1. The van der Waals surface area contributed by atoms with Gasteiger partial charge in [-0.05, 0) is 83.0 Å². The Balaban J connectivity index is 1.82. The number of thioether (sulfide) groups is 1.